The van der Waals surface area contributed by atoms with Gasteiger partial charge in [0.15, 0.2) is 0 Å². The van der Waals surface area contributed by atoms with Gasteiger partial charge in [0.05, 0.1) is 30.4 Å². The number of benzene rings is 1. The second-order valence-electron chi connectivity index (χ2n) is 6.11. The molecule has 0 spiro atoms. The zero-order valence-corrected chi connectivity index (χ0v) is 14.1. The molecule has 4 nitrogen and oxygen atoms in total. The highest BCUT2D eigenvalue weighted by Gasteiger charge is 2.31. The third-order valence-electron chi connectivity index (χ3n) is 4.47. The van der Waals surface area contributed by atoms with Gasteiger partial charge in [0, 0.05) is 37.5 Å². The molecule has 136 valence electrons. The van der Waals surface area contributed by atoms with Gasteiger partial charge in [-0.15, -0.1) is 0 Å². The first-order valence-electron chi connectivity index (χ1n) is 8.30. The van der Waals surface area contributed by atoms with E-state index < -0.39 is 11.7 Å². The molecule has 7 heteroatoms. The fourth-order valence-electron chi connectivity index (χ4n) is 3.15. The number of rotatable bonds is 5. The standard InChI is InChI=1S/C18H21F3N2O2/c1-24-10-11-25-14-5-8-23(9-6-14)17-4-7-22-16-12-13(18(19,20)21)2-3-15(16)17/h2-4,7,12,14H,5-6,8-11H2,1H3. The Labute approximate surface area is 144 Å². The summed E-state index contributed by atoms with van der Waals surface area (Å²) >= 11 is 0. The van der Waals surface area contributed by atoms with E-state index in [1.807, 2.05) is 6.07 Å². The van der Waals surface area contributed by atoms with Crippen LogP contribution in [0.5, 0.6) is 0 Å². The van der Waals surface area contributed by atoms with Crippen LogP contribution in [0.4, 0.5) is 18.9 Å². The normalized spacial score (nSPS) is 16.6. The topological polar surface area (TPSA) is 34.6 Å². The smallest absolute Gasteiger partial charge is 0.382 e. The lowest BCUT2D eigenvalue weighted by atomic mass is 10.0. The molecule has 0 radical (unpaired) electrons. The van der Waals surface area contributed by atoms with Crippen molar-refractivity contribution in [3.05, 3.63) is 36.0 Å². The zero-order valence-electron chi connectivity index (χ0n) is 14.1. The Morgan fingerprint density at radius 2 is 1.92 bits per heavy atom. The predicted molar refractivity (Wildman–Crippen MR) is 89.8 cm³/mol. The predicted octanol–water partition coefficient (Wildman–Crippen LogP) is 3.89. The number of nitrogens with zero attached hydrogens (tertiary/aromatic N) is 2. The molecule has 0 amide bonds. The van der Waals surface area contributed by atoms with Crippen molar-refractivity contribution in [2.75, 3.05) is 38.3 Å². The molecule has 0 N–H and O–H groups in total. The van der Waals surface area contributed by atoms with Crippen LogP contribution in [0.15, 0.2) is 30.5 Å². The minimum Gasteiger partial charge on any atom is -0.382 e. The fourth-order valence-corrected chi connectivity index (χ4v) is 3.15. The Balaban J connectivity index is 1.74. The fraction of sp³-hybridized carbons (Fsp3) is 0.500. The minimum absolute atomic E-state index is 0.205. The van der Waals surface area contributed by atoms with E-state index in [1.54, 1.807) is 13.3 Å². The van der Waals surface area contributed by atoms with Gasteiger partial charge in [-0.1, -0.05) is 6.07 Å². The Hall–Kier alpha value is -1.86. The van der Waals surface area contributed by atoms with Crippen LogP contribution >= 0.6 is 0 Å². The summed E-state index contributed by atoms with van der Waals surface area (Å²) < 4.78 is 49.4. The monoisotopic (exact) mass is 354 g/mol. The average Bonchev–Trinajstić information content (AvgIpc) is 2.61. The van der Waals surface area contributed by atoms with Gasteiger partial charge in [-0.3, -0.25) is 4.98 Å². The summed E-state index contributed by atoms with van der Waals surface area (Å²) in [5.74, 6) is 0. The first-order valence-corrected chi connectivity index (χ1v) is 8.30. The first-order chi connectivity index (χ1) is 12.0. The van der Waals surface area contributed by atoms with E-state index in [0.29, 0.717) is 18.7 Å². The molecule has 1 saturated heterocycles. The maximum Gasteiger partial charge on any atom is 0.416 e. The van der Waals surface area contributed by atoms with E-state index in [4.69, 9.17) is 9.47 Å². The van der Waals surface area contributed by atoms with Crippen molar-refractivity contribution < 1.29 is 22.6 Å². The number of alkyl halides is 3. The van der Waals surface area contributed by atoms with Crippen LogP contribution in [0.1, 0.15) is 18.4 Å². The molecular formula is C18H21F3N2O2. The molecule has 1 aliphatic rings. The molecule has 0 atom stereocenters. The van der Waals surface area contributed by atoms with Crippen LogP contribution in [0.2, 0.25) is 0 Å². The van der Waals surface area contributed by atoms with Gasteiger partial charge in [0.1, 0.15) is 0 Å². The molecule has 0 saturated carbocycles. The summed E-state index contributed by atoms with van der Waals surface area (Å²) in [5, 5.41) is 0.745. The number of aromatic nitrogens is 1. The molecule has 0 bridgehead atoms. The molecule has 1 aromatic carbocycles. The van der Waals surface area contributed by atoms with Gasteiger partial charge in [-0.2, -0.15) is 13.2 Å². The van der Waals surface area contributed by atoms with Gasteiger partial charge in [-0.05, 0) is 31.0 Å². The van der Waals surface area contributed by atoms with Crippen molar-refractivity contribution in [1.82, 2.24) is 4.98 Å². The second kappa shape index (κ2) is 7.58. The number of methoxy groups -OCH3 is 1. The van der Waals surface area contributed by atoms with E-state index in [2.05, 4.69) is 9.88 Å². The molecule has 1 aromatic heterocycles. The summed E-state index contributed by atoms with van der Waals surface area (Å²) in [6.07, 6.45) is -0.818. The quantitative estimate of drug-likeness (QED) is 0.763. The first kappa shape index (κ1) is 17.9. The third-order valence-corrected chi connectivity index (χ3v) is 4.47. The SMILES string of the molecule is COCCOC1CCN(c2ccnc3cc(C(F)(F)F)ccc23)CC1. The molecule has 0 unspecified atom stereocenters. The van der Waals surface area contributed by atoms with E-state index in [1.165, 1.54) is 6.07 Å². The highest BCUT2D eigenvalue weighted by molar-refractivity contribution is 5.92. The molecule has 1 aliphatic heterocycles. The van der Waals surface area contributed by atoms with Crippen molar-refractivity contribution in [2.45, 2.75) is 25.1 Å². The van der Waals surface area contributed by atoms with E-state index in [-0.39, 0.29) is 6.10 Å². The number of pyridine rings is 1. The number of hydrogen-bond acceptors (Lipinski definition) is 4. The van der Waals surface area contributed by atoms with Crippen molar-refractivity contribution in [1.29, 1.82) is 0 Å². The number of piperidine rings is 1. The largest absolute Gasteiger partial charge is 0.416 e. The van der Waals surface area contributed by atoms with Gasteiger partial charge in [0.25, 0.3) is 0 Å². The maximum atomic E-state index is 12.9. The second-order valence-corrected chi connectivity index (χ2v) is 6.11. The number of anilines is 1. The number of hydrogen-bond donors (Lipinski definition) is 0. The molecule has 25 heavy (non-hydrogen) atoms. The Morgan fingerprint density at radius 3 is 2.60 bits per heavy atom. The van der Waals surface area contributed by atoms with Crippen molar-refractivity contribution in [3.8, 4) is 0 Å². The summed E-state index contributed by atoms with van der Waals surface area (Å²) in [5.41, 5.74) is 0.620. The Morgan fingerprint density at radius 1 is 1.16 bits per heavy atom. The summed E-state index contributed by atoms with van der Waals surface area (Å²) in [6, 6.07) is 5.61. The van der Waals surface area contributed by atoms with Crippen LogP contribution in [0.3, 0.4) is 0 Å². The van der Waals surface area contributed by atoms with Crippen LogP contribution in [-0.2, 0) is 15.7 Å². The van der Waals surface area contributed by atoms with E-state index >= 15 is 0 Å². The van der Waals surface area contributed by atoms with Crippen molar-refractivity contribution in [2.24, 2.45) is 0 Å². The van der Waals surface area contributed by atoms with Gasteiger partial charge in [-0.25, -0.2) is 0 Å². The van der Waals surface area contributed by atoms with E-state index in [9.17, 15) is 13.2 Å². The Bertz CT molecular complexity index is 713. The van der Waals surface area contributed by atoms with Crippen LogP contribution in [0.25, 0.3) is 10.9 Å². The summed E-state index contributed by atoms with van der Waals surface area (Å²) in [7, 11) is 1.64. The molecule has 0 aliphatic carbocycles. The van der Waals surface area contributed by atoms with Crippen LogP contribution in [-0.4, -0.2) is 44.5 Å². The zero-order chi connectivity index (χ0) is 17.9. The lowest BCUT2D eigenvalue weighted by Crippen LogP contribution is -2.37. The van der Waals surface area contributed by atoms with Crippen LogP contribution in [0, 0.1) is 0 Å². The molecular weight excluding hydrogens is 333 g/mol. The molecule has 2 aromatic rings. The number of fused-ring (bicyclic) bond motifs is 1. The highest BCUT2D eigenvalue weighted by Crippen LogP contribution is 2.34. The maximum absolute atomic E-state index is 12.9. The number of halogens is 3. The lowest BCUT2D eigenvalue weighted by molar-refractivity contribution is -0.137. The van der Waals surface area contributed by atoms with Gasteiger partial charge >= 0.3 is 6.18 Å². The summed E-state index contributed by atoms with van der Waals surface area (Å²) in [6.45, 7) is 2.77. The van der Waals surface area contributed by atoms with Crippen molar-refractivity contribution in [3.63, 3.8) is 0 Å². The highest BCUT2D eigenvalue weighted by atomic mass is 19.4. The third kappa shape index (κ3) is 4.22. The van der Waals surface area contributed by atoms with Crippen LogP contribution < -0.4 is 4.90 Å². The molecule has 1 fully saturated rings. The van der Waals surface area contributed by atoms with Gasteiger partial charge < -0.3 is 14.4 Å². The van der Waals surface area contributed by atoms with E-state index in [0.717, 1.165) is 49.1 Å². The molecule has 3 rings (SSSR count). The Kier molecular flexibility index (Phi) is 5.44. The molecule has 2 heterocycles. The summed E-state index contributed by atoms with van der Waals surface area (Å²) in [4.78, 5) is 6.30. The number of ether oxygens (including phenoxy) is 2. The minimum atomic E-state index is -4.36. The van der Waals surface area contributed by atoms with Crippen molar-refractivity contribution >= 4 is 16.6 Å². The average molecular weight is 354 g/mol. The lowest BCUT2D eigenvalue weighted by Gasteiger charge is -2.34. The van der Waals surface area contributed by atoms with Gasteiger partial charge in [0.2, 0.25) is 0 Å².